The number of alkyl halides is 3. The van der Waals surface area contributed by atoms with Crippen molar-refractivity contribution >= 4 is 17.7 Å². The van der Waals surface area contributed by atoms with Gasteiger partial charge in [0.2, 0.25) is 11.8 Å². The van der Waals surface area contributed by atoms with Gasteiger partial charge in [-0.1, -0.05) is 6.07 Å². The van der Waals surface area contributed by atoms with Crippen LogP contribution in [0, 0.1) is 6.92 Å². The number of pyridine rings is 1. The van der Waals surface area contributed by atoms with E-state index in [9.17, 15) is 18.0 Å². The molecule has 0 saturated carbocycles. The summed E-state index contributed by atoms with van der Waals surface area (Å²) >= 11 is 0. The number of aryl methyl sites for hydroxylation is 3. The van der Waals surface area contributed by atoms with E-state index >= 15 is 0 Å². The van der Waals surface area contributed by atoms with Gasteiger partial charge in [0.05, 0.1) is 6.54 Å². The number of hydrogen-bond acceptors (Lipinski definition) is 8. The highest BCUT2D eigenvalue weighted by Crippen LogP contribution is 2.32. The Balaban J connectivity index is 1.33. The van der Waals surface area contributed by atoms with E-state index in [1.165, 1.54) is 28.9 Å². The second-order valence-electron chi connectivity index (χ2n) is 12.8. The van der Waals surface area contributed by atoms with Crippen LogP contribution in [0.2, 0.25) is 0 Å². The Morgan fingerprint density at radius 1 is 1.04 bits per heavy atom. The molecule has 45 heavy (non-hydrogen) atoms. The minimum atomic E-state index is -4.75. The van der Waals surface area contributed by atoms with Crippen LogP contribution in [0.5, 0.6) is 5.88 Å². The smallest absolute Gasteiger partial charge is 0.453 e. The fourth-order valence-electron chi connectivity index (χ4n) is 5.76. The second-order valence-corrected chi connectivity index (χ2v) is 12.8. The quantitative estimate of drug-likeness (QED) is 0.289. The van der Waals surface area contributed by atoms with Crippen LogP contribution < -0.4 is 10.1 Å². The number of halogens is 3. The summed E-state index contributed by atoms with van der Waals surface area (Å²) < 4.78 is 53.5. The first-order valence-corrected chi connectivity index (χ1v) is 15.5. The highest BCUT2D eigenvalue weighted by molar-refractivity contribution is 5.67. The lowest BCUT2D eigenvalue weighted by Crippen LogP contribution is -2.36. The molecule has 1 atom stereocenters. The van der Waals surface area contributed by atoms with E-state index in [4.69, 9.17) is 9.47 Å². The molecule has 3 aromatic rings. The maximum atomic E-state index is 13.8. The molecule has 2 aromatic heterocycles. The Labute approximate surface area is 261 Å². The van der Waals surface area contributed by atoms with E-state index in [0.717, 1.165) is 43.5 Å². The predicted octanol–water partition coefficient (Wildman–Crippen LogP) is 6.32. The summed E-state index contributed by atoms with van der Waals surface area (Å²) in [6.07, 6.45) is 1.34. The molecule has 1 saturated heterocycles. The lowest BCUT2D eigenvalue weighted by molar-refractivity contribution is -0.144. The van der Waals surface area contributed by atoms with Crippen LogP contribution >= 0.6 is 0 Å². The summed E-state index contributed by atoms with van der Waals surface area (Å²) in [5.41, 5.74) is 3.17. The highest BCUT2D eigenvalue weighted by atomic mass is 19.4. The van der Waals surface area contributed by atoms with Gasteiger partial charge in [0.1, 0.15) is 12.2 Å². The fourth-order valence-corrected chi connectivity index (χ4v) is 5.76. The summed E-state index contributed by atoms with van der Waals surface area (Å²) in [5.74, 6) is -1.10. The van der Waals surface area contributed by atoms with E-state index in [1.807, 2.05) is 12.1 Å². The van der Waals surface area contributed by atoms with Gasteiger partial charge in [0, 0.05) is 24.8 Å². The topological polar surface area (TPSA) is 97.6 Å². The number of benzene rings is 1. The lowest BCUT2D eigenvalue weighted by Gasteiger charge is -2.25. The number of anilines is 2. The molecular formula is C32H42F3N7O3. The number of carbonyl (C=O) groups excluding carboxylic acids is 1. The van der Waals surface area contributed by atoms with Gasteiger partial charge < -0.3 is 24.6 Å². The number of carbonyl (C=O) groups is 1. The van der Waals surface area contributed by atoms with Crippen molar-refractivity contribution in [1.29, 1.82) is 0 Å². The zero-order valence-corrected chi connectivity index (χ0v) is 26.6. The number of ether oxygens (including phenoxy) is 2. The van der Waals surface area contributed by atoms with Crippen LogP contribution in [-0.2, 0) is 23.8 Å². The number of rotatable bonds is 8. The van der Waals surface area contributed by atoms with Gasteiger partial charge >= 0.3 is 12.3 Å². The van der Waals surface area contributed by atoms with Crippen molar-refractivity contribution in [2.45, 2.75) is 84.0 Å². The second kappa shape index (κ2) is 13.2. The zero-order valence-electron chi connectivity index (χ0n) is 26.6. The van der Waals surface area contributed by atoms with E-state index in [2.05, 4.69) is 31.3 Å². The van der Waals surface area contributed by atoms with E-state index in [-0.39, 0.29) is 30.8 Å². The molecule has 3 heterocycles. The molecular weight excluding hydrogens is 587 g/mol. The highest BCUT2D eigenvalue weighted by Gasteiger charge is 2.38. The van der Waals surface area contributed by atoms with Crippen LogP contribution in [-0.4, -0.2) is 80.6 Å². The molecule has 10 nitrogen and oxygen atoms in total. The largest absolute Gasteiger partial charge is 0.476 e. The van der Waals surface area contributed by atoms with Crippen molar-refractivity contribution in [1.82, 2.24) is 29.5 Å². The van der Waals surface area contributed by atoms with Gasteiger partial charge in [0.25, 0.3) is 5.82 Å². The minimum absolute atomic E-state index is 0.0929. The van der Waals surface area contributed by atoms with Gasteiger partial charge in [-0.25, -0.2) is 4.79 Å². The van der Waals surface area contributed by atoms with E-state index in [0.29, 0.717) is 17.3 Å². The Hall–Kier alpha value is -3.87. The van der Waals surface area contributed by atoms with Crippen molar-refractivity contribution in [3.63, 3.8) is 0 Å². The fraction of sp³-hybridized carbons (Fsp3) is 0.562. The average molecular weight is 630 g/mol. The van der Waals surface area contributed by atoms with Gasteiger partial charge in [-0.2, -0.15) is 27.8 Å². The minimum Gasteiger partial charge on any atom is -0.476 e. The number of nitrogens with one attached hydrogen (secondary N) is 1. The molecule has 1 aliphatic carbocycles. The molecule has 0 radical (unpaired) electrons. The van der Waals surface area contributed by atoms with Gasteiger partial charge in [-0.05, 0) is 114 Å². The number of fused-ring (bicyclic) bond motifs is 1. The standard InChI is InChI=1S/C32H42F3N7O3/c1-21-18-26(37-27(19-21)44-17-16-40(5)30(43)45-31(2,3)4)42-29(38-28(39-42)32(33,34)35)36-24-11-8-22-9-12-25(13-10-23(22)20-24)41-14-6-7-15-41/h8,11,18-20,25H,6-7,9-10,12-17H2,1-5H3,(H,36,38,39). The summed E-state index contributed by atoms with van der Waals surface area (Å²) in [6.45, 7) is 9.75. The van der Waals surface area contributed by atoms with Crippen LogP contribution in [0.15, 0.2) is 30.3 Å². The Bertz CT molecular complexity index is 1500. The molecule has 1 amide bonds. The predicted molar refractivity (Wildman–Crippen MR) is 164 cm³/mol. The molecule has 244 valence electrons. The van der Waals surface area contributed by atoms with Crippen molar-refractivity contribution < 1.29 is 27.4 Å². The van der Waals surface area contributed by atoms with E-state index in [1.54, 1.807) is 46.9 Å². The lowest BCUT2D eigenvalue weighted by atomic mass is 10.0. The molecule has 0 spiro atoms. The Morgan fingerprint density at radius 2 is 1.76 bits per heavy atom. The number of hydrogen-bond donors (Lipinski definition) is 1. The first kappa shape index (κ1) is 32.5. The number of amides is 1. The molecule has 1 unspecified atom stereocenters. The molecule has 1 fully saturated rings. The zero-order chi connectivity index (χ0) is 32.4. The Morgan fingerprint density at radius 3 is 2.44 bits per heavy atom. The van der Waals surface area contributed by atoms with Crippen molar-refractivity contribution in [2.24, 2.45) is 0 Å². The molecule has 1 aliphatic heterocycles. The summed E-state index contributed by atoms with van der Waals surface area (Å²) in [6, 6.07) is 9.77. The first-order chi connectivity index (χ1) is 21.2. The van der Waals surface area contributed by atoms with E-state index < -0.39 is 23.7 Å². The maximum absolute atomic E-state index is 13.8. The number of likely N-dealkylation sites (N-methyl/N-ethyl adjacent to an activating group) is 1. The summed E-state index contributed by atoms with van der Waals surface area (Å²) in [5, 5.41) is 6.85. The Kier molecular flexibility index (Phi) is 9.57. The normalized spacial score (nSPS) is 17.5. The maximum Gasteiger partial charge on any atom is 0.453 e. The third-order valence-corrected chi connectivity index (χ3v) is 8.01. The monoisotopic (exact) mass is 629 g/mol. The number of aromatic nitrogens is 4. The molecule has 2 aliphatic rings. The van der Waals surface area contributed by atoms with Gasteiger partial charge in [-0.3, -0.25) is 0 Å². The van der Waals surface area contributed by atoms with Crippen LogP contribution in [0.1, 0.15) is 69.0 Å². The summed E-state index contributed by atoms with van der Waals surface area (Å²) in [4.78, 5) is 24.5. The first-order valence-electron chi connectivity index (χ1n) is 15.5. The van der Waals surface area contributed by atoms with Crippen LogP contribution in [0.4, 0.5) is 29.6 Å². The van der Waals surface area contributed by atoms with Crippen LogP contribution in [0.25, 0.3) is 5.82 Å². The molecule has 5 rings (SSSR count). The molecule has 1 N–H and O–H groups in total. The van der Waals surface area contributed by atoms with Crippen molar-refractivity contribution in [3.05, 3.63) is 52.8 Å². The third kappa shape index (κ3) is 8.44. The van der Waals surface area contributed by atoms with Crippen LogP contribution in [0.3, 0.4) is 0 Å². The molecule has 1 aromatic carbocycles. The number of nitrogens with zero attached hydrogens (tertiary/aromatic N) is 6. The number of likely N-dealkylation sites (tertiary alicyclic amines) is 1. The van der Waals surface area contributed by atoms with Crippen molar-refractivity contribution in [3.8, 4) is 11.7 Å². The van der Waals surface area contributed by atoms with Gasteiger partial charge in [0.15, 0.2) is 5.82 Å². The van der Waals surface area contributed by atoms with Gasteiger partial charge in [-0.15, -0.1) is 5.10 Å². The average Bonchev–Trinajstić information content (AvgIpc) is 3.59. The SMILES string of the molecule is Cc1cc(OCCN(C)C(=O)OC(C)(C)C)nc(-n2nc(C(F)(F)F)nc2Nc2ccc3c(c2)CCC(N2CCCC2)CC3)c1. The molecule has 0 bridgehead atoms. The molecule has 13 heteroatoms. The van der Waals surface area contributed by atoms with Crippen molar-refractivity contribution in [2.75, 3.05) is 38.6 Å². The summed E-state index contributed by atoms with van der Waals surface area (Å²) in [7, 11) is 1.59. The third-order valence-electron chi connectivity index (χ3n) is 8.01.